The molecule has 6 heteroatoms. The zero-order chi connectivity index (χ0) is 14.9. The van der Waals surface area contributed by atoms with Crippen molar-refractivity contribution in [1.82, 2.24) is 15.6 Å². The Balaban J connectivity index is 2.00. The molecule has 112 valence electrons. The maximum atomic E-state index is 12.2. The number of carbonyl (C=O) groups excluding carboxylic acids is 1. The Morgan fingerprint density at radius 2 is 2.20 bits per heavy atom. The highest BCUT2D eigenvalue weighted by atomic mass is 32.1. The Morgan fingerprint density at radius 3 is 2.70 bits per heavy atom. The van der Waals surface area contributed by atoms with Gasteiger partial charge in [-0.25, -0.2) is 4.98 Å². The van der Waals surface area contributed by atoms with Crippen LogP contribution in [0.3, 0.4) is 0 Å². The fraction of sp³-hybridized carbons (Fsp3) is 0.714. The van der Waals surface area contributed by atoms with Crippen molar-refractivity contribution in [1.29, 1.82) is 0 Å². The summed E-state index contributed by atoms with van der Waals surface area (Å²) in [5.41, 5.74) is 0.738. The van der Waals surface area contributed by atoms with Gasteiger partial charge in [-0.05, 0) is 6.92 Å². The molecule has 2 atom stereocenters. The van der Waals surface area contributed by atoms with Crippen molar-refractivity contribution in [2.45, 2.75) is 39.2 Å². The number of rotatable bonds is 3. The van der Waals surface area contributed by atoms with E-state index in [9.17, 15) is 9.90 Å². The van der Waals surface area contributed by atoms with Gasteiger partial charge in [-0.3, -0.25) is 4.79 Å². The van der Waals surface area contributed by atoms with E-state index < -0.39 is 0 Å². The van der Waals surface area contributed by atoms with Crippen LogP contribution in [0.2, 0.25) is 0 Å². The lowest BCUT2D eigenvalue weighted by Crippen LogP contribution is -2.34. The third kappa shape index (κ3) is 3.37. The molecule has 1 aromatic rings. The van der Waals surface area contributed by atoms with E-state index in [2.05, 4.69) is 36.4 Å². The van der Waals surface area contributed by atoms with Gasteiger partial charge in [-0.15, -0.1) is 11.3 Å². The van der Waals surface area contributed by atoms with Crippen LogP contribution < -0.4 is 10.6 Å². The lowest BCUT2D eigenvalue weighted by molar-refractivity contribution is 0.0930. The van der Waals surface area contributed by atoms with Crippen LogP contribution in [-0.4, -0.2) is 41.7 Å². The number of nitrogens with zero attached hydrogens (tertiary/aromatic N) is 1. The molecule has 0 saturated carbocycles. The molecule has 5 nitrogen and oxygen atoms in total. The molecule has 1 aliphatic rings. The van der Waals surface area contributed by atoms with Crippen LogP contribution in [0.5, 0.6) is 0 Å². The third-order valence-electron chi connectivity index (χ3n) is 3.47. The number of amides is 1. The zero-order valence-electron chi connectivity index (χ0n) is 12.5. The van der Waals surface area contributed by atoms with E-state index in [0.29, 0.717) is 18.0 Å². The summed E-state index contributed by atoms with van der Waals surface area (Å²) in [7, 11) is 0. The Bertz CT molecular complexity index is 493. The van der Waals surface area contributed by atoms with Gasteiger partial charge in [-0.1, -0.05) is 20.8 Å². The van der Waals surface area contributed by atoms with E-state index in [-0.39, 0.29) is 23.3 Å². The SMILES string of the molecule is Cc1nc(C(C)(C)C)sc1C(=O)NCC1CNCC1O. The molecule has 0 aliphatic carbocycles. The van der Waals surface area contributed by atoms with Crippen molar-refractivity contribution in [3.05, 3.63) is 15.6 Å². The highest BCUT2D eigenvalue weighted by Gasteiger charge is 2.27. The first kappa shape index (κ1) is 15.4. The second-order valence-corrected chi connectivity index (χ2v) is 7.38. The Kier molecular flexibility index (Phi) is 4.46. The first-order valence-corrected chi connectivity index (χ1v) is 7.75. The van der Waals surface area contributed by atoms with Crippen LogP contribution in [-0.2, 0) is 5.41 Å². The molecule has 0 bridgehead atoms. The van der Waals surface area contributed by atoms with Gasteiger partial charge in [0.05, 0.1) is 16.8 Å². The summed E-state index contributed by atoms with van der Waals surface area (Å²) >= 11 is 1.46. The molecule has 1 aromatic heterocycles. The van der Waals surface area contributed by atoms with Crippen LogP contribution in [0, 0.1) is 12.8 Å². The van der Waals surface area contributed by atoms with Crippen molar-refractivity contribution in [3.63, 3.8) is 0 Å². The largest absolute Gasteiger partial charge is 0.391 e. The number of β-amino-alcohol motifs (C(OH)–C–C–N with tert-alkyl or cyclic N) is 1. The molecule has 1 fully saturated rings. The van der Waals surface area contributed by atoms with E-state index in [1.54, 1.807) is 0 Å². The van der Waals surface area contributed by atoms with Crippen molar-refractivity contribution in [2.24, 2.45) is 5.92 Å². The topological polar surface area (TPSA) is 74.2 Å². The van der Waals surface area contributed by atoms with E-state index in [1.165, 1.54) is 11.3 Å². The highest BCUT2D eigenvalue weighted by molar-refractivity contribution is 7.14. The van der Waals surface area contributed by atoms with Crippen LogP contribution in [0.1, 0.15) is 41.1 Å². The minimum Gasteiger partial charge on any atom is -0.391 e. The first-order valence-electron chi connectivity index (χ1n) is 6.94. The Labute approximate surface area is 123 Å². The van der Waals surface area contributed by atoms with Crippen LogP contribution in [0.15, 0.2) is 0 Å². The molecular weight excluding hydrogens is 274 g/mol. The minimum atomic E-state index is -0.372. The normalized spacial score (nSPS) is 23.1. The molecule has 1 aliphatic heterocycles. The quantitative estimate of drug-likeness (QED) is 0.780. The third-order valence-corrected chi connectivity index (χ3v) is 5.06. The number of aliphatic hydroxyl groups is 1. The average molecular weight is 297 g/mol. The summed E-state index contributed by atoms with van der Waals surface area (Å²) in [5, 5.41) is 16.7. The maximum Gasteiger partial charge on any atom is 0.263 e. The van der Waals surface area contributed by atoms with E-state index >= 15 is 0 Å². The lowest BCUT2D eigenvalue weighted by atomic mass is 9.98. The number of hydrogen-bond acceptors (Lipinski definition) is 5. The van der Waals surface area contributed by atoms with Crippen LogP contribution in [0.4, 0.5) is 0 Å². The van der Waals surface area contributed by atoms with Crippen molar-refractivity contribution in [3.8, 4) is 0 Å². The standard InChI is InChI=1S/C14H23N3O2S/c1-8-11(20-13(17-8)14(2,3)4)12(19)16-6-9-5-15-7-10(9)18/h9-10,15,18H,5-7H2,1-4H3,(H,16,19). The van der Waals surface area contributed by atoms with Gasteiger partial charge in [0.1, 0.15) is 4.88 Å². The van der Waals surface area contributed by atoms with Gasteiger partial charge in [0, 0.05) is 31.0 Å². The summed E-state index contributed by atoms with van der Waals surface area (Å²) in [6.45, 7) is 9.99. The van der Waals surface area contributed by atoms with E-state index in [4.69, 9.17) is 0 Å². The van der Waals surface area contributed by atoms with Crippen molar-refractivity contribution < 1.29 is 9.90 Å². The average Bonchev–Trinajstić information content (AvgIpc) is 2.92. The Morgan fingerprint density at radius 1 is 1.50 bits per heavy atom. The fourth-order valence-electron chi connectivity index (χ4n) is 2.16. The molecule has 2 rings (SSSR count). The van der Waals surface area contributed by atoms with Crippen LogP contribution >= 0.6 is 11.3 Å². The summed E-state index contributed by atoms with van der Waals surface area (Å²) in [4.78, 5) is 17.4. The summed E-state index contributed by atoms with van der Waals surface area (Å²) in [5.74, 6) is 0.00358. The number of nitrogens with one attached hydrogen (secondary N) is 2. The fourth-order valence-corrected chi connectivity index (χ4v) is 3.20. The lowest BCUT2D eigenvalue weighted by Gasteiger charge is -2.14. The van der Waals surface area contributed by atoms with Gasteiger partial charge in [0.15, 0.2) is 0 Å². The minimum absolute atomic E-state index is 0.0421. The monoisotopic (exact) mass is 297 g/mol. The molecule has 1 amide bonds. The maximum absolute atomic E-state index is 12.2. The number of aryl methyl sites for hydroxylation is 1. The van der Waals surface area contributed by atoms with Gasteiger partial charge in [0.25, 0.3) is 5.91 Å². The van der Waals surface area contributed by atoms with Crippen molar-refractivity contribution >= 4 is 17.2 Å². The summed E-state index contributed by atoms with van der Waals surface area (Å²) < 4.78 is 0. The van der Waals surface area contributed by atoms with E-state index in [1.807, 2.05) is 6.92 Å². The smallest absolute Gasteiger partial charge is 0.263 e. The molecular formula is C14H23N3O2S. The first-order chi connectivity index (χ1) is 9.29. The molecule has 0 radical (unpaired) electrons. The van der Waals surface area contributed by atoms with Gasteiger partial charge in [-0.2, -0.15) is 0 Å². The number of hydrogen-bond donors (Lipinski definition) is 3. The molecule has 20 heavy (non-hydrogen) atoms. The summed E-state index contributed by atoms with van der Waals surface area (Å²) in [6.07, 6.45) is -0.372. The number of carbonyl (C=O) groups is 1. The highest BCUT2D eigenvalue weighted by Crippen LogP contribution is 2.29. The predicted molar refractivity (Wildman–Crippen MR) is 80.3 cm³/mol. The van der Waals surface area contributed by atoms with E-state index in [0.717, 1.165) is 17.2 Å². The second kappa shape index (κ2) is 5.79. The molecule has 3 N–H and O–H groups in total. The Hall–Kier alpha value is -0.980. The summed E-state index contributed by atoms with van der Waals surface area (Å²) in [6, 6.07) is 0. The zero-order valence-corrected chi connectivity index (χ0v) is 13.3. The second-order valence-electron chi connectivity index (χ2n) is 6.38. The number of aliphatic hydroxyl groups excluding tert-OH is 1. The molecule has 2 unspecified atom stereocenters. The van der Waals surface area contributed by atoms with Crippen molar-refractivity contribution in [2.75, 3.05) is 19.6 Å². The molecule has 0 spiro atoms. The molecule has 2 heterocycles. The number of thiazole rings is 1. The van der Waals surface area contributed by atoms with Crippen LogP contribution in [0.25, 0.3) is 0 Å². The van der Waals surface area contributed by atoms with Gasteiger partial charge < -0.3 is 15.7 Å². The van der Waals surface area contributed by atoms with Gasteiger partial charge >= 0.3 is 0 Å². The molecule has 0 aromatic carbocycles. The predicted octanol–water partition coefficient (Wildman–Crippen LogP) is 1.06. The molecule has 1 saturated heterocycles. The number of aromatic nitrogens is 1. The van der Waals surface area contributed by atoms with Gasteiger partial charge in [0.2, 0.25) is 0 Å².